The van der Waals surface area contributed by atoms with Crippen LogP contribution in [0.1, 0.15) is 60.4 Å². The lowest BCUT2D eigenvalue weighted by Gasteiger charge is -2.26. The van der Waals surface area contributed by atoms with E-state index in [9.17, 15) is 14.6 Å². The average Bonchev–Trinajstić information content (AvgIpc) is 1.24. The topological polar surface area (TPSA) is 239 Å². The quantitative estimate of drug-likeness (QED) is 0.0406. The average molecular weight is 1340 g/mol. The second-order valence-electron chi connectivity index (χ2n) is 24.5. The maximum Gasteiger partial charge on any atom is 0.128 e. The molecule has 0 fully saturated rings. The smallest absolute Gasteiger partial charge is 0.128 e. The van der Waals surface area contributed by atoms with Crippen molar-refractivity contribution >= 4 is 67.2 Å². The van der Waals surface area contributed by atoms with Crippen LogP contribution in [-0.4, -0.2) is 150 Å². The summed E-state index contributed by atoms with van der Waals surface area (Å²) in [5.41, 5.74) is 15.0. The Morgan fingerprint density at radius 3 is 1.28 bits per heavy atom. The van der Waals surface area contributed by atoms with Crippen molar-refractivity contribution in [2.24, 2.45) is 13.0 Å². The Morgan fingerprint density at radius 1 is 0.444 bits per heavy atom. The summed E-state index contributed by atoms with van der Waals surface area (Å²) in [7, 11) is 9.93. The van der Waals surface area contributed by atoms with Gasteiger partial charge in [-0.2, -0.15) is 15.3 Å². The molecular weight excluding hydrogens is 1260 g/mol. The molecule has 0 saturated carbocycles. The lowest BCUT2D eigenvalue weighted by molar-refractivity contribution is 0.291. The molecule has 0 spiro atoms. The van der Waals surface area contributed by atoms with E-state index < -0.39 is 5.82 Å². The van der Waals surface area contributed by atoms with Crippen LogP contribution in [0.3, 0.4) is 0 Å². The molecule has 12 rings (SSSR count). The van der Waals surface area contributed by atoms with Gasteiger partial charge in [0.2, 0.25) is 0 Å². The van der Waals surface area contributed by atoms with Crippen molar-refractivity contribution in [3.63, 3.8) is 0 Å². The van der Waals surface area contributed by atoms with Crippen LogP contribution in [-0.2, 0) is 13.6 Å². The third-order valence-corrected chi connectivity index (χ3v) is 16.1. The highest BCUT2D eigenvalue weighted by Gasteiger charge is 2.19. The SMILES string of the molecule is COc1cc(F)cc(N(CCCO)c2ccc3ncc(-c4cnn(C)c4)nc3c2)c1.COc1cc(OC)cc(N(CCCNC(C)C)c2ccc3ncc(-c4cnn(C(C)C)c4)nc3c2)c1.COc1cc(OC)cc(N(CCO)c2ccc3ncc(-c4cnn(CC(C)C)c4)nc3c2)c1. The molecule has 12 aromatic rings. The van der Waals surface area contributed by atoms with Gasteiger partial charge in [-0.15, -0.1) is 0 Å². The van der Waals surface area contributed by atoms with Crippen LogP contribution < -0.4 is 43.7 Å². The number of hydrogen-bond acceptors (Lipinski definition) is 20. The molecule has 0 amide bonds. The van der Waals surface area contributed by atoms with E-state index in [1.54, 1.807) is 57.8 Å². The van der Waals surface area contributed by atoms with Crippen molar-refractivity contribution in [2.45, 2.75) is 73.0 Å². The first-order chi connectivity index (χ1) is 47.9. The molecule has 6 aromatic heterocycles. The monoisotopic (exact) mass is 1340 g/mol. The van der Waals surface area contributed by atoms with Gasteiger partial charge in [0.05, 0.1) is 130 Å². The third kappa shape index (κ3) is 18.2. The summed E-state index contributed by atoms with van der Waals surface area (Å²) in [6, 6.07) is 34.7. The van der Waals surface area contributed by atoms with Crippen LogP contribution in [0, 0.1) is 11.7 Å². The van der Waals surface area contributed by atoms with Crippen LogP contribution in [0.2, 0.25) is 0 Å². The fraction of sp³-hybridized carbons (Fsp3) is 0.320. The number of fused-ring (bicyclic) bond motifs is 3. The predicted octanol–water partition coefficient (Wildman–Crippen LogP) is 13.6. The molecule has 0 unspecified atom stereocenters. The second-order valence-corrected chi connectivity index (χ2v) is 24.5. The zero-order valence-corrected chi connectivity index (χ0v) is 58.2. The van der Waals surface area contributed by atoms with Gasteiger partial charge in [-0.3, -0.25) is 29.0 Å². The molecule has 0 aliphatic rings. The van der Waals surface area contributed by atoms with Gasteiger partial charge in [-0.25, -0.2) is 19.3 Å². The normalized spacial score (nSPS) is 11.3. The lowest BCUT2D eigenvalue weighted by Crippen LogP contribution is -2.27. The Balaban J connectivity index is 0.000000161. The van der Waals surface area contributed by atoms with E-state index in [4.69, 9.17) is 38.6 Å². The van der Waals surface area contributed by atoms with Crippen LogP contribution in [0.25, 0.3) is 66.9 Å². The Bertz CT molecular complexity index is 4590. The molecule has 0 aliphatic carbocycles. The number of aliphatic hydroxyl groups excluding tert-OH is 2. The number of nitrogens with zero attached hydrogens (tertiary/aromatic N) is 15. The number of nitrogens with one attached hydrogen (secondary N) is 1. The number of halogens is 1. The van der Waals surface area contributed by atoms with E-state index in [-0.39, 0.29) is 19.3 Å². The van der Waals surface area contributed by atoms with Gasteiger partial charge in [-0.1, -0.05) is 27.7 Å². The molecule has 6 aromatic carbocycles. The van der Waals surface area contributed by atoms with Gasteiger partial charge in [0.25, 0.3) is 0 Å². The molecule has 0 saturated heterocycles. The molecule has 3 N–H and O–H groups in total. The summed E-state index contributed by atoms with van der Waals surface area (Å²) in [6.07, 6.45) is 18.1. The van der Waals surface area contributed by atoms with Gasteiger partial charge in [-0.05, 0) is 99.8 Å². The van der Waals surface area contributed by atoms with E-state index in [1.807, 2.05) is 142 Å². The highest BCUT2D eigenvalue weighted by molar-refractivity contribution is 5.85. The molecule has 23 nitrogen and oxygen atoms in total. The maximum atomic E-state index is 14.1. The molecule has 0 bridgehead atoms. The number of aromatic nitrogens is 12. The number of ether oxygens (including phenoxy) is 5. The first-order valence-corrected chi connectivity index (χ1v) is 32.9. The van der Waals surface area contributed by atoms with Gasteiger partial charge in [0.15, 0.2) is 0 Å². The highest BCUT2D eigenvalue weighted by atomic mass is 19.1. The third-order valence-electron chi connectivity index (χ3n) is 16.1. The minimum Gasteiger partial charge on any atom is -0.497 e. The van der Waals surface area contributed by atoms with Crippen molar-refractivity contribution in [1.29, 1.82) is 0 Å². The number of aryl methyl sites for hydroxylation is 1. The fourth-order valence-electron chi connectivity index (χ4n) is 11.1. The summed E-state index contributed by atoms with van der Waals surface area (Å²) in [4.78, 5) is 34.5. The first kappa shape index (κ1) is 71.0. The number of hydrogen-bond donors (Lipinski definition) is 3. The van der Waals surface area contributed by atoms with Crippen LogP contribution in [0.15, 0.2) is 165 Å². The zero-order chi connectivity index (χ0) is 70.1. The van der Waals surface area contributed by atoms with E-state index in [0.29, 0.717) is 59.9 Å². The molecular formula is C75H87FN16O7. The Kier molecular flexibility index (Phi) is 24.0. The van der Waals surface area contributed by atoms with Crippen molar-refractivity contribution in [2.75, 3.05) is 89.6 Å². The molecule has 0 atom stereocenters. The summed E-state index contributed by atoms with van der Waals surface area (Å²) in [6.45, 7) is 16.4. The van der Waals surface area contributed by atoms with E-state index in [0.717, 1.165) is 127 Å². The summed E-state index contributed by atoms with van der Waals surface area (Å²) >= 11 is 0. The van der Waals surface area contributed by atoms with Gasteiger partial charge < -0.3 is 53.9 Å². The van der Waals surface area contributed by atoms with Crippen LogP contribution >= 0.6 is 0 Å². The highest BCUT2D eigenvalue weighted by Crippen LogP contribution is 2.38. The van der Waals surface area contributed by atoms with Gasteiger partial charge in [0.1, 0.15) is 34.6 Å². The second kappa shape index (κ2) is 33.4. The summed E-state index contributed by atoms with van der Waals surface area (Å²) < 4.78 is 46.9. The van der Waals surface area contributed by atoms with Crippen molar-refractivity contribution in [3.8, 4) is 62.5 Å². The largest absolute Gasteiger partial charge is 0.497 e. The van der Waals surface area contributed by atoms with E-state index in [1.165, 1.54) is 19.2 Å². The maximum absolute atomic E-state index is 14.1. The zero-order valence-electron chi connectivity index (χ0n) is 58.2. The Labute approximate surface area is 576 Å². The van der Waals surface area contributed by atoms with Crippen LogP contribution in [0.4, 0.5) is 38.5 Å². The van der Waals surface area contributed by atoms with Crippen molar-refractivity contribution in [3.05, 3.63) is 171 Å². The number of anilines is 6. The summed E-state index contributed by atoms with van der Waals surface area (Å²) in [5.74, 6) is 3.40. The molecule has 24 heteroatoms. The van der Waals surface area contributed by atoms with Crippen molar-refractivity contribution in [1.82, 2.24) is 64.6 Å². The summed E-state index contributed by atoms with van der Waals surface area (Å²) in [5, 5.41) is 35.7. The standard InChI is InChI=1S/C28H36N6O2.C25H29N5O3.C22H22FN5O2/c1-19(2)29-10-7-11-33(23-12-24(35-5)15-25(13-23)36-6)22-8-9-26-27(14-22)32-28(17-30-26)21-16-31-34(18-21)20(3)4;1-17(2)15-29-16-18(13-27-29)25-14-26-23-6-5-19(11-24(23)28-25)30(7-8-31)20-9-21(32-3)12-22(10-20)33-4;1-27-14-15(12-25-27)22-13-24-20-5-4-17(11-21(20)26-22)28(6-3-7-29)18-8-16(23)9-19(10-18)30-2/h8-9,12-20,29H,7,10-11H2,1-6H3;5-6,9-14,16-17,31H,7-8,15H2,1-4H3;4-5,8-14,29H,3,6-7H2,1-2H3. The molecule has 0 aliphatic heterocycles. The van der Waals surface area contributed by atoms with E-state index in [2.05, 4.69) is 94.1 Å². The molecule has 0 radical (unpaired) electrons. The predicted molar refractivity (Wildman–Crippen MR) is 388 cm³/mol. The lowest BCUT2D eigenvalue weighted by atomic mass is 10.1. The number of benzene rings is 6. The minimum absolute atomic E-state index is 0.0156. The molecule has 516 valence electrons. The number of aliphatic hydroxyl groups is 2. The Hall–Kier alpha value is -10.8. The number of methoxy groups -OCH3 is 5. The molecule has 99 heavy (non-hydrogen) atoms. The molecule has 6 heterocycles. The van der Waals surface area contributed by atoms with Gasteiger partial charge >= 0.3 is 0 Å². The Morgan fingerprint density at radius 2 is 0.869 bits per heavy atom. The fourth-order valence-corrected chi connectivity index (χ4v) is 11.1. The van der Waals surface area contributed by atoms with E-state index >= 15 is 0 Å². The number of rotatable bonds is 27. The van der Waals surface area contributed by atoms with Crippen LogP contribution in [0.5, 0.6) is 28.7 Å². The van der Waals surface area contributed by atoms with Crippen molar-refractivity contribution < 1.29 is 38.3 Å². The van der Waals surface area contributed by atoms with Gasteiger partial charge in [0, 0.05) is 170 Å². The first-order valence-electron chi connectivity index (χ1n) is 32.9. The minimum atomic E-state index is -0.391.